The number of nitrogens with one attached hydrogen (secondary N) is 1. The molecule has 4 nitrogen and oxygen atoms in total. The van der Waals surface area contributed by atoms with E-state index in [1.54, 1.807) is 12.1 Å². The molecule has 2 rings (SSSR count). The van der Waals surface area contributed by atoms with Gasteiger partial charge in [-0.15, -0.1) is 12.4 Å². The molecule has 0 aromatic heterocycles. The molecule has 5 heteroatoms. The number of hydrogen-bond donors (Lipinski definition) is 2. The van der Waals surface area contributed by atoms with E-state index in [2.05, 4.69) is 5.32 Å². The molecule has 0 saturated heterocycles. The normalized spacial score (nSPS) is 11.3. The van der Waals surface area contributed by atoms with Crippen molar-refractivity contribution in [2.24, 2.45) is 0 Å². The third kappa shape index (κ3) is 5.85. The Morgan fingerprint density at radius 1 is 1.04 bits per heavy atom. The van der Waals surface area contributed by atoms with Crippen LogP contribution in [0.4, 0.5) is 0 Å². The van der Waals surface area contributed by atoms with Crippen LogP contribution in [0, 0.1) is 6.92 Å². The molecule has 2 aromatic rings. The molecule has 0 fully saturated rings. The van der Waals surface area contributed by atoms with Crippen molar-refractivity contribution >= 4 is 24.2 Å². The second kappa shape index (κ2) is 9.08. The highest BCUT2D eigenvalue weighted by Crippen LogP contribution is 2.09. The van der Waals surface area contributed by atoms with Crippen molar-refractivity contribution in [3.8, 4) is 0 Å². The zero-order valence-electron chi connectivity index (χ0n) is 12.9. The summed E-state index contributed by atoms with van der Waals surface area (Å²) in [6.07, 6.45) is -0.0643. The first-order valence-corrected chi connectivity index (χ1v) is 7.16. The SMILES string of the molecule is Cc1ccc(C(=O)CC(NCc2ccccc2)C(=O)O)cc1.Cl. The highest BCUT2D eigenvalue weighted by Gasteiger charge is 2.21. The number of Topliss-reactive ketones (excluding diaryl/α,β-unsaturated/α-hetero) is 1. The minimum Gasteiger partial charge on any atom is -0.480 e. The van der Waals surface area contributed by atoms with E-state index in [4.69, 9.17) is 0 Å². The zero-order chi connectivity index (χ0) is 15.9. The number of rotatable bonds is 7. The molecule has 0 heterocycles. The van der Waals surface area contributed by atoms with E-state index in [1.807, 2.05) is 49.4 Å². The zero-order valence-corrected chi connectivity index (χ0v) is 13.7. The maximum atomic E-state index is 12.2. The Morgan fingerprint density at radius 3 is 2.22 bits per heavy atom. The second-order valence-corrected chi connectivity index (χ2v) is 5.25. The van der Waals surface area contributed by atoms with Crippen molar-refractivity contribution in [1.82, 2.24) is 5.32 Å². The van der Waals surface area contributed by atoms with E-state index in [1.165, 1.54) is 0 Å². The van der Waals surface area contributed by atoms with Crippen LogP contribution in [0.1, 0.15) is 27.9 Å². The Morgan fingerprint density at radius 2 is 1.65 bits per heavy atom. The van der Waals surface area contributed by atoms with Gasteiger partial charge in [0.05, 0.1) is 0 Å². The van der Waals surface area contributed by atoms with Crippen LogP contribution in [0.5, 0.6) is 0 Å². The minimum absolute atomic E-state index is 0. The first-order chi connectivity index (χ1) is 10.6. The third-order valence-corrected chi connectivity index (χ3v) is 3.46. The molecule has 0 saturated carbocycles. The summed E-state index contributed by atoms with van der Waals surface area (Å²) in [7, 11) is 0. The van der Waals surface area contributed by atoms with Crippen LogP contribution in [0.15, 0.2) is 54.6 Å². The van der Waals surface area contributed by atoms with Crippen LogP contribution in [0.3, 0.4) is 0 Å². The number of ketones is 1. The molecule has 2 aromatic carbocycles. The number of aryl methyl sites for hydroxylation is 1. The number of carboxylic acid groups (broad SMARTS) is 1. The fraction of sp³-hybridized carbons (Fsp3) is 0.222. The number of benzene rings is 2. The van der Waals surface area contributed by atoms with Crippen LogP contribution in [-0.2, 0) is 11.3 Å². The number of hydrogen-bond acceptors (Lipinski definition) is 3. The smallest absolute Gasteiger partial charge is 0.321 e. The second-order valence-electron chi connectivity index (χ2n) is 5.25. The van der Waals surface area contributed by atoms with Gasteiger partial charge in [-0.2, -0.15) is 0 Å². The van der Waals surface area contributed by atoms with Gasteiger partial charge in [-0.25, -0.2) is 0 Å². The largest absolute Gasteiger partial charge is 0.480 e. The molecule has 0 spiro atoms. The highest BCUT2D eigenvalue weighted by molar-refractivity contribution is 5.98. The van der Waals surface area contributed by atoms with Crippen LogP contribution < -0.4 is 5.32 Å². The van der Waals surface area contributed by atoms with Gasteiger partial charge >= 0.3 is 5.97 Å². The van der Waals surface area contributed by atoms with E-state index in [9.17, 15) is 14.7 Å². The topological polar surface area (TPSA) is 66.4 Å². The molecule has 1 unspecified atom stereocenters. The molecule has 0 aliphatic rings. The Labute approximate surface area is 141 Å². The summed E-state index contributed by atoms with van der Waals surface area (Å²) in [5, 5.41) is 12.2. The molecular weight excluding hydrogens is 314 g/mol. The molecule has 23 heavy (non-hydrogen) atoms. The van der Waals surface area contributed by atoms with Crippen LogP contribution in [0.2, 0.25) is 0 Å². The Kier molecular flexibility index (Phi) is 7.45. The first-order valence-electron chi connectivity index (χ1n) is 7.16. The van der Waals surface area contributed by atoms with Gasteiger partial charge in [0.2, 0.25) is 0 Å². The van der Waals surface area contributed by atoms with Crippen molar-refractivity contribution in [2.75, 3.05) is 0 Å². The lowest BCUT2D eigenvalue weighted by Crippen LogP contribution is -2.38. The molecule has 0 radical (unpaired) electrons. The van der Waals surface area contributed by atoms with Crippen molar-refractivity contribution in [3.05, 3.63) is 71.3 Å². The molecule has 0 aliphatic heterocycles. The van der Waals surface area contributed by atoms with E-state index in [-0.39, 0.29) is 24.6 Å². The van der Waals surface area contributed by atoms with Gasteiger partial charge in [0.15, 0.2) is 5.78 Å². The molecule has 0 aliphatic carbocycles. The van der Waals surface area contributed by atoms with Crippen molar-refractivity contribution in [2.45, 2.75) is 25.9 Å². The lowest BCUT2D eigenvalue weighted by atomic mass is 10.0. The Balaban J connectivity index is 0.00000264. The Hall–Kier alpha value is -2.17. The minimum atomic E-state index is -1.02. The molecule has 1 atom stereocenters. The first kappa shape index (κ1) is 18.9. The number of carbonyl (C=O) groups excluding carboxylic acids is 1. The van der Waals surface area contributed by atoms with Gasteiger partial charge in [-0.3, -0.25) is 14.9 Å². The van der Waals surface area contributed by atoms with Crippen LogP contribution in [0.25, 0.3) is 0 Å². The summed E-state index contributed by atoms with van der Waals surface area (Å²) < 4.78 is 0. The summed E-state index contributed by atoms with van der Waals surface area (Å²) >= 11 is 0. The number of aliphatic carboxylic acids is 1. The van der Waals surface area contributed by atoms with Crippen molar-refractivity contribution in [1.29, 1.82) is 0 Å². The van der Waals surface area contributed by atoms with Gasteiger partial charge in [0, 0.05) is 18.5 Å². The van der Waals surface area contributed by atoms with Gasteiger partial charge < -0.3 is 5.11 Å². The fourth-order valence-corrected chi connectivity index (χ4v) is 2.13. The standard InChI is InChI=1S/C18H19NO3.ClH/c1-13-7-9-15(10-8-13)17(20)11-16(18(21)22)19-12-14-5-3-2-4-6-14;/h2-10,16,19H,11-12H2,1H3,(H,21,22);1H. The molecule has 2 N–H and O–H groups in total. The summed E-state index contributed by atoms with van der Waals surface area (Å²) in [4.78, 5) is 23.5. The summed E-state index contributed by atoms with van der Waals surface area (Å²) in [5.74, 6) is -1.19. The van der Waals surface area contributed by atoms with Crippen LogP contribution in [-0.4, -0.2) is 22.9 Å². The molecule has 0 bridgehead atoms. The lowest BCUT2D eigenvalue weighted by molar-refractivity contribution is -0.139. The Bertz CT molecular complexity index is 641. The average molecular weight is 334 g/mol. The van der Waals surface area contributed by atoms with Crippen molar-refractivity contribution in [3.63, 3.8) is 0 Å². The highest BCUT2D eigenvalue weighted by atomic mass is 35.5. The van der Waals surface area contributed by atoms with Gasteiger partial charge in [-0.1, -0.05) is 60.2 Å². The van der Waals surface area contributed by atoms with E-state index in [0.29, 0.717) is 12.1 Å². The number of halogens is 1. The molecular formula is C18H20ClNO3. The fourth-order valence-electron chi connectivity index (χ4n) is 2.13. The van der Waals surface area contributed by atoms with E-state index in [0.717, 1.165) is 11.1 Å². The summed E-state index contributed by atoms with van der Waals surface area (Å²) in [6.45, 7) is 2.36. The lowest BCUT2D eigenvalue weighted by Gasteiger charge is -2.14. The maximum Gasteiger partial charge on any atom is 0.321 e. The van der Waals surface area contributed by atoms with E-state index >= 15 is 0 Å². The predicted octanol–water partition coefficient (Wildman–Crippen LogP) is 3.23. The average Bonchev–Trinajstić information content (AvgIpc) is 2.52. The van der Waals surface area contributed by atoms with Crippen LogP contribution >= 0.6 is 12.4 Å². The predicted molar refractivity (Wildman–Crippen MR) is 92.1 cm³/mol. The number of carboxylic acids is 1. The number of carbonyl (C=O) groups is 2. The monoisotopic (exact) mass is 333 g/mol. The molecule has 0 amide bonds. The third-order valence-electron chi connectivity index (χ3n) is 3.46. The maximum absolute atomic E-state index is 12.2. The van der Waals surface area contributed by atoms with E-state index < -0.39 is 12.0 Å². The summed E-state index contributed by atoms with van der Waals surface area (Å²) in [6, 6.07) is 15.8. The van der Waals surface area contributed by atoms with Gasteiger partial charge in [0.25, 0.3) is 0 Å². The van der Waals surface area contributed by atoms with Gasteiger partial charge in [-0.05, 0) is 12.5 Å². The molecule has 122 valence electrons. The quantitative estimate of drug-likeness (QED) is 0.763. The summed E-state index contributed by atoms with van der Waals surface area (Å²) in [5.41, 5.74) is 2.59. The van der Waals surface area contributed by atoms with Gasteiger partial charge in [0.1, 0.15) is 6.04 Å². The van der Waals surface area contributed by atoms with Crippen molar-refractivity contribution < 1.29 is 14.7 Å².